The van der Waals surface area contributed by atoms with E-state index in [4.69, 9.17) is 4.42 Å². The van der Waals surface area contributed by atoms with Gasteiger partial charge in [-0.05, 0) is 65.8 Å². The Morgan fingerprint density at radius 3 is 2.42 bits per heavy atom. The molecule has 1 fully saturated rings. The highest BCUT2D eigenvalue weighted by Crippen LogP contribution is 2.34. The van der Waals surface area contributed by atoms with Crippen molar-refractivity contribution in [2.24, 2.45) is 14.1 Å². The molecule has 5 heterocycles. The van der Waals surface area contributed by atoms with Crippen molar-refractivity contribution in [2.75, 3.05) is 18.5 Å². The van der Waals surface area contributed by atoms with Crippen LogP contribution in [-0.2, 0) is 23.7 Å². The number of aromatic nitrogens is 5. The number of fused-ring (bicyclic) bond motifs is 2. The molecule has 13 nitrogen and oxygen atoms in total. The van der Waals surface area contributed by atoms with Crippen molar-refractivity contribution < 1.29 is 18.8 Å². The Bertz CT molecular complexity index is 2620. The van der Waals surface area contributed by atoms with Gasteiger partial charge in [0.2, 0.25) is 11.8 Å². The van der Waals surface area contributed by atoms with Gasteiger partial charge < -0.3 is 14.6 Å². The van der Waals surface area contributed by atoms with Gasteiger partial charge in [-0.25, -0.2) is 14.8 Å². The van der Waals surface area contributed by atoms with Crippen molar-refractivity contribution >= 4 is 51.1 Å². The molecule has 1 aliphatic rings. The lowest BCUT2D eigenvalue weighted by atomic mass is 9.90. The third kappa shape index (κ3) is 6.99. The molecule has 0 spiro atoms. The smallest absolute Gasteiger partial charge is 0.328 e. The molecule has 1 aliphatic heterocycles. The van der Waals surface area contributed by atoms with E-state index in [-0.39, 0.29) is 48.2 Å². The van der Waals surface area contributed by atoms with E-state index in [2.05, 4.69) is 57.3 Å². The van der Waals surface area contributed by atoms with Gasteiger partial charge in [-0.1, -0.05) is 39.5 Å². The number of imide groups is 1. The van der Waals surface area contributed by atoms with Crippen LogP contribution in [0.25, 0.3) is 33.4 Å². The van der Waals surface area contributed by atoms with E-state index in [1.54, 1.807) is 54.1 Å². The number of pyridine rings is 1. The molecule has 0 bridgehead atoms. The van der Waals surface area contributed by atoms with Crippen molar-refractivity contribution in [2.45, 2.75) is 58.3 Å². The molecule has 0 saturated carbocycles. The first-order valence-electron chi connectivity index (χ1n) is 18.2. The molecule has 13 heteroatoms. The predicted molar refractivity (Wildman–Crippen MR) is 210 cm³/mol. The van der Waals surface area contributed by atoms with Gasteiger partial charge in [-0.2, -0.15) is 0 Å². The van der Waals surface area contributed by atoms with E-state index in [1.807, 2.05) is 50.1 Å². The number of benzene rings is 2. The monoisotopic (exact) mass is 738 g/mol. The molecule has 55 heavy (non-hydrogen) atoms. The van der Waals surface area contributed by atoms with E-state index >= 15 is 0 Å². The fraction of sp³-hybridized carbons (Fsp3) is 0.310. The summed E-state index contributed by atoms with van der Waals surface area (Å²) >= 11 is 0. The summed E-state index contributed by atoms with van der Waals surface area (Å²) in [4.78, 5) is 66.0. The Balaban J connectivity index is 1.05. The van der Waals surface area contributed by atoms with Crippen molar-refractivity contribution in [1.29, 1.82) is 0 Å². The van der Waals surface area contributed by atoms with E-state index in [1.165, 1.54) is 0 Å². The van der Waals surface area contributed by atoms with Crippen LogP contribution in [0.15, 0.2) is 70.5 Å². The summed E-state index contributed by atoms with van der Waals surface area (Å²) in [5, 5.41) is 6.02. The number of rotatable bonds is 8. The molecule has 280 valence electrons. The quantitative estimate of drug-likeness (QED) is 0.146. The number of hydrogen-bond donors (Lipinski definition) is 2. The average Bonchev–Trinajstić information content (AvgIpc) is 3.69. The molecular weight excluding hydrogens is 697 g/mol. The second kappa shape index (κ2) is 14.7. The summed E-state index contributed by atoms with van der Waals surface area (Å²) in [7, 11) is 5.53. The molecule has 4 aromatic heterocycles. The molecule has 2 aromatic carbocycles. The molecule has 0 aliphatic carbocycles. The lowest BCUT2D eigenvalue weighted by molar-refractivity contribution is -0.134. The zero-order chi connectivity index (χ0) is 39.1. The number of aryl methyl sites for hydroxylation is 2. The van der Waals surface area contributed by atoms with E-state index in [0.29, 0.717) is 34.6 Å². The largest absolute Gasteiger partial charge is 0.464 e. The molecule has 1 unspecified atom stereocenters. The summed E-state index contributed by atoms with van der Waals surface area (Å²) in [6.45, 7) is 8.32. The Labute approximate surface area is 317 Å². The topological polar surface area (TPSA) is 157 Å². The van der Waals surface area contributed by atoms with E-state index in [0.717, 1.165) is 44.5 Å². The molecule has 3 amide bonds. The minimum Gasteiger partial charge on any atom is -0.464 e. The molecule has 7 rings (SSSR count). The van der Waals surface area contributed by atoms with Gasteiger partial charge in [0, 0.05) is 61.5 Å². The number of imidazole rings is 1. The molecule has 0 radical (unpaired) electrons. The number of furan rings is 1. The number of carbonyl (C=O) groups is 3. The van der Waals surface area contributed by atoms with Crippen LogP contribution >= 0.6 is 0 Å². The second-order valence-corrected chi connectivity index (χ2v) is 14.5. The first-order chi connectivity index (χ1) is 26.3. The molecular formula is C42H42N8O5. The zero-order valence-corrected chi connectivity index (χ0v) is 31.9. The summed E-state index contributed by atoms with van der Waals surface area (Å²) in [6.07, 6.45) is 7.36. The predicted octanol–water partition coefficient (Wildman–Crippen LogP) is 5.79. The summed E-state index contributed by atoms with van der Waals surface area (Å²) in [5.74, 6) is 5.33. The third-order valence-corrected chi connectivity index (χ3v) is 10.2. The van der Waals surface area contributed by atoms with Crippen LogP contribution in [-0.4, -0.2) is 55.4 Å². The minimum absolute atomic E-state index is 0.0102. The lowest BCUT2D eigenvalue weighted by Gasteiger charge is -2.21. The van der Waals surface area contributed by atoms with Crippen LogP contribution < -0.4 is 21.2 Å². The maximum Gasteiger partial charge on any atom is 0.328 e. The maximum atomic E-state index is 13.3. The van der Waals surface area contributed by atoms with Crippen molar-refractivity contribution in [1.82, 2.24) is 34.7 Å². The number of nitrogens with one attached hydrogen (secondary N) is 2. The normalized spacial score (nSPS) is 14.4. The highest BCUT2D eigenvalue weighted by atomic mass is 16.3. The van der Waals surface area contributed by atoms with Gasteiger partial charge >= 0.3 is 5.69 Å². The van der Waals surface area contributed by atoms with E-state index in [9.17, 15) is 19.2 Å². The number of piperidine rings is 1. The van der Waals surface area contributed by atoms with Crippen LogP contribution in [0, 0.1) is 11.8 Å². The fourth-order valence-electron chi connectivity index (χ4n) is 7.07. The SMILES string of the molecule is CC(C)c1cc(-c2ncc(N(C)c3cc(C(C)C)c4c(c3)n(C)c(=O)n4C)cn2)cnc1C(=O)NCC#Cc1ccc2occ(C3CCC(=O)NC3=O)c2c1. The van der Waals surface area contributed by atoms with Gasteiger partial charge in [-0.3, -0.25) is 33.8 Å². The van der Waals surface area contributed by atoms with Crippen LogP contribution in [0.5, 0.6) is 0 Å². The van der Waals surface area contributed by atoms with Crippen molar-refractivity contribution in [3.05, 3.63) is 99.7 Å². The first kappa shape index (κ1) is 36.8. The molecule has 6 aromatic rings. The number of carbonyl (C=O) groups excluding carboxylic acids is 3. The molecule has 1 atom stereocenters. The minimum atomic E-state index is -0.470. The van der Waals surface area contributed by atoms with Crippen LogP contribution in [0.3, 0.4) is 0 Å². The van der Waals surface area contributed by atoms with Crippen LogP contribution in [0.2, 0.25) is 0 Å². The summed E-state index contributed by atoms with van der Waals surface area (Å²) in [5.41, 5.74) is 8.26. The van der Waals surface area contributed by atoms with Gasteiger partial charge in [0.25, 0.3) is 5.91 Å². The van der Waals surface area contributed by atoms with Gasteiger partial charge in [-0.15, -0.1) is 0 Å². The van der Waals surface area contributed by atoms with Crippen molar-refractivity contribution in [3.63, 3.8) is 0 Å². The summed E-state index contributed by atoms with van der Waals surface area (Å²) in [6, 6.07) is 11.5. The Hall–Kier alpha value is -6.55. The Kier molecular flexibility index (Phi) is 9.83. The van der Waals surface area contributed by atoms with Crippen molar-refractivity contribution in [3.8, 4) is 23.2 Å². The fourth-order valence-corrected chi connectivity index (χ4v) is 7.07. The highest BCUT2D eigenvalue weighted by Gasteiger charge is 2.30. The Morgan fingerprint density at radius 1 is 0.964 bits per heavy atom. The molecule has 1 saturated heterocycles. The Morgan fingerprint density at radius 2 is 1.71 bits per heavy atom. The van der Waals surface area contributed by atoms with Gasteiger partial charge in [0.05, 0.1) is 47.8 Å². The summed E-state index contributed by atoms with van der Waals surface area (Å²) < 4.78 is 9.03. The zero-order valence-electron chi connectivity index (χ0n) is 31.9. The lowest BCUT2D eigenvalue weighted by Crippen LogP contribution is -2.39. The maximum absolute atomic E-state index is 13.3. The van der Waals surface area contributed by atoms with Gasteiger partial charge in [0.1, 0.15) is 11.3 Å². The first-order valence-corrected chi connectivity index (χ1v) is 18.2. The number of nitrogens with zero attached hydrogens (tertiary/aromatic N) is 6. The van der Waals surface area contributed by atoms with Crippen LogP contribution in [0.4, 0.5) is 11.4 Å². The van der Waals surface area contributed by atoms with Crippen LogP contribution in [0.1, 0.15) is 91.0 Å². The van der Waals surface area contributed by atoms with E-state index < -0.39 is 5.92 Å². The molecule has 2 N–H and O–H groups in total. The number of amides is 3. The average molecular weight is 739 g/mol. The standard InChI is InChI=1S/C42H42N8O5/c1-23(2)30-16-26(39-45-20-28(21-46-39)48(5)27-17-31(24(3)4)38-34(18-27)49(6)42(54)50(38)7)19-44-37(30)41(53)43-14-8-9-25-10-12-35-32(15-25)33(22-55-35)29-11-13-36(51)47-40(29)52/h10,12,15-24,29H,11,13-14H2,1-7H3,(H,43,53)(H,47,51,52). The number of hydrogen-bond acceptors (Lipinski definition) is 9. The second-order valence-electron chi connectivity index (χ2n) is 14.5. The third-order valence-electron chi connectivity index (χ3n) is 10.2. The van der Waals surface area contributed by atoms with Gasteiger partial charge in [0.15, 0.2) is 5.82 Å². The highest BCUT2D eigenvalue weighted by molar-refractivity contribution is 6.03. The number of anilines is 2.